The fourth-order valence-electron chi connectivity index (χ4n) is 6.39. The molecule has 0 bridgehead atoms. The van der Waals surface area contributed by atoms with Crippen LogP contribution in [0.3, 0.4) is 0 Å². The van der Waals surface area contributed by atoms with Crippen LogP contribution in [-0.4, -0.2) is 173 Å². The molecule has 2 heterocycles. The summed E-state index contributed by atoms with van der Waals surface area (Å²) in [6.45, 7) is 3.64. The van der Waals surface area contributed by atoms with Crippen LogP contribution in [0, 0.1) is 0 Å². The largest absolute Gasteiger partial charge is 0.480 e. The van der Waals surface area contributed by atoms with Gasteiger partial charge in [-0.2, -0.15) is 0 Å². The van der Waals surface area contributed by atoms with Gasteiger partial charge < -0.3 is 68.3 Å². The predicted molar refractivity (Wildman–Crippen MR) is 204 cm³/mol. The molecule has 330 valence electrons. The van der Waals surface area contributed by atoms with Crippen molar-refractivity contribution >= 4 is 65.0 Å². The van der Waals surface area contributed by atoms with Gasteiger partial charge in [-0.15, -0.1) is 0 Å². The molecule has 2 aliphatic rings. The zero-order chi connectivity index (χ0) is 44.4. The fraction of sp³-hybridized carbons (Fsp3) is 0.686. The van der Waals surface area contributed by atoms with Crippen LogP contribution >= 0.6 is 0 Å². The highest BCUT2D eigenvalue weighted by molar-refractivity contribution is 5.96. The van der Waals surface area contributed by atoms with Crippen molar-refractivity contribution in [3.8, 4) is 0 Å². The monoisotopic (exact) mass is 839 g/mol. The Morgan fingerprint density at radius 2 is 1.36 bits per heavy atom. The lowest BCUT2D eigenvalue weighted by molar-refractivity contribution is -0.143. The maximum Gasteiger partial charge on any atom is 0.322 e. The van der Waals surface area contributed by atoms with E-state index in [0.717, 1.165) is 11.3 Å². The summed E-state index contributed by atoms with van der Waals surface area (Å²) >= 11 is 0. The van der Waals surface area contributed by atoms with Gasteiger partial charge in [0.2, 0.25) is 59.1 Å². The number of carboxylic acid groups (broad SMARTS) is 1. The number of aliphatic hydroxyl groups is 1. The van der Waals surface area contributed by atoms with E-state index in [0.29, 0.717) is 25.8 Å². The van der Waals surface area contributed by atoms with Crippen molar-refractivity contribution < 1.29 is 63.0 Å². The number of aliphatic hydroxyl groups excluding tert-OH is 1. The maximum absolute atomic E-state index is 13.3. The number of hydrogen-bond donors (Lipinski definition) is 11. The molecule has 0 saturated carbocycles. The van der Waals surface area contributed by atoms with Gasteiger partial charge in [0.1, 0.15) is 30.7 Å². The number of carbonyl (C=O) groups excluding carboxylic acids is 10. The van der Waals surface area contributed by atoms with Crippen molar-refractivity contribution in [2.24, 2.45) is 5.73 Å². The van der Waals surface area contributed by atoms with Crippen molar-refractivity contribution in [1.29, 1.82) is 0 Å². The zero-order valence-electron chi connectivity index (χ0n) is 33.6. The Hall–Kier alpha value is -5.91. The van der Waals surface area contributed by atoms with E-state index in [1.165, 1.54) is 18.7 Å². The predicted octanol–water partition coefficient (Wildman–Crippen LogP) is -6.36. The number of nitrogens with one attached hydrogen (secondary N) is 8. The van der Waals surface area contributed by atoms with Gasteiger partial charge in [-0.1, -0.05) is 0 Å². The molecule has 2 aliphatic heterocycles. The highest BCUT2D eigenvalue weighted by atomic mass is 16.4. The topological polar surface area (TPSA) is 357 Å². The van der Waals surface area contributed by atoms with E-state index in [1.54, 1.807) is 13.8 Å². The van der Waals surface area contributed by atoms with Crippen LogP contribution < -0.4 is 48.3 Å². The van der Waals surface area contributed by atoms with E-state index >= 15 is 0 Å². The van der Waals surface area contributed by atoms with Crippen molar-refractivity contribution in [1.82, 2.24) is 52.3 Å². The number of rotatable bonds is 23. The van der Waals surface area contributed by atoms with Crippen LogP contribution in [0.2, 0.25) is 0 Å². The number of primary amides is 1. The van der Waals surface area contributed by atoms with E-state index in [2.05, 4.69) is 42.5 Å². The molecule has 6 atom stereocenters. The third kappa shape index (κ3) is 16.5. The molecule has 0 aromatic carbocycles. The molecule has 24 nitrogen and oxygen atoms in total. The highest BCUT2D eigenvalue weighted by Gasteiger charge is 2.36. The lowest BCUT2D eigenvalue weighted by Gasteiger charge is -2.32. The van der Waals surface area contributed by atoms with Crippen LogP contribution in [-0.2, 0) is 52.7 Å². The maximum atomic E-state index is 13.3. The Morgan fingerprint density at radius 1 is 0.746 bits per heavy atom. The molecule has 0 aliphatic carbocycles. The first-order valence-corrected chi connectivity index (χ1v) is 19.2. The second kappa shape index (κ2) is 24.1. The van der Waals surface area contributed by atoms with Gasteiger partial charge in [0.15, 0.2) is 0 Å². The molecule has 12 N–H and O–H groups in total. The summed E-state index contributed by atoms with van der Waals surface area (Å²) < 4.78 is 0. The summed E-state index contributed by atoms with van der Waals surface area (Å²) in [5.41, 5.74) is 5.19. The van der Waals surface area contributed by atoms with Crippen molar-refractivity contribution in [2.45, 2.75) is 109 Å². The molecule has 10 amide bonds. The second-order valence-corrected chi connectivity index (χ2v) is 14.4. The average molecular weight is 840 g/mol. The number of likely N-dealkylation sites (tertiary alicyclic amines) is 1. The Kier molecular flexibility index (Phi) is 20.1. The first-order chi connectivity index (χ1) is 27.7. The second-order valence-electron chi connectivity index (χ2n) is 14.4. The zero-order valence-corrected chi connectivity index (χ0v) is 33.6. The number of nitrogens with two attached hydrogens (primary N) is 1. The summed E-state index contributed by atoms with van der Waals surface area (Å²) in [6.07, 6.45) is 0.164. The van der Waals surface area contributed by atoms with Gasteiger partial charge in [0, 0.05) is 19.0 Å². The van der Waals surface area contributed by atoms with E-state index in [9.17, 15) is 57.8 Å². The summed E-state index contributed by atoms with van der Waals surface area (Å²) in [7, 11) is 0. The Balaban J connectivity index is 1.92. The average Bonchev–Trinajstić information content (AvgIpc) is 3.90. The van der Waals surface area contributed by atoms with Crippen LogP contribution in [0.25, 0.3) is 0 Å². The van der Waals surface area contributed by atoms with E-state index in [4.69, 9.17) is 10.8 Å². The first kappa shape index (κ1) is 49.2. The normalized spacial score (nSPS) is 18.0. The molecule has 2 rings (SSSR count). The molecule has 2 saturated heterocycles. The Labute approximate surface area is 340 Å². The minimum Gasteiger partial charge on any atom is -0.480 e. The minimum atomic E-state index is -1.62. The molecule has 0 radical (unpaired) electrons. The van der Waals surface area contributed by atoms with E-state index < -0.39 is 140 Å². The quantitative estimate of drug-likeness (QED) is 0.0456. The number of nitrogens with zero attached hydrogens (tertiary/aromatic N) is 2. The molecule has 0 spiro atoms. The summed E-state index contributed by atoms with van der Waals surface area (Å²) in [5.74, 6) is -8.69. The van der Waals surface area contributed by atoms with Crippen LogP contribution in [0.4, 0.5) is 0 Å². The molecule has 24 heteroatoms. The molecule has 2 fully saturated rings. The summed E-state index contributed by atoms with van der Waals surface area (Å²) in [6, 6.07) is -6.03. The van der Waals surface area contributed by atoms with E-state index in [-0.39, 0.29) is 19.4 Å². The Morgan fingerprint density at radius 3 is 1.95 bits per heavy atom. The Bertz CT molecular complexity index is 1590. The van der Waals surface area contributed by atoms with E-state index in [1.807, 2.05) is 0 Å². The molecule has 0 aromatic rings. The third-order valence-corrected chi connectivity index (χ3v) is 9.39. The molecular weight excluding hydrogens is 782 g/mol. The van der Waals surface area contributed by atoms with Gasteiger partial charge in [-0.3, -0.25) is 52.7 Å². The number of carbonyl (C=O) groups is 11. The van der Waals surface area contributed by atoms with Gasteiger partial charge in [0.05, 0.1) is 38.3 Å². The minimum absolute atomic E-state index is 0.217. The highest BCUT2D eigenvalue weighted by Crippen LogP contribution is 2.17. The third-order valence-electron chi connectivity index (χ3n) is 9.39. The first-order valence-electron chi connectivity index (χ1n) is 19.2. The smallest absolute Gasteiger partial charge is 0.322 e. The SMILES string of the molecule is CC(O)C(NC(=O)CNC(=O)C(CCC(N)=O)NC(=O)CNC(=O)C1CCCN1)C(=O)NCC(=O)N(C(C)C)C(C)C(=O)NCC(=O)N1CCCC1C(=O)NCC(=O)O. The van der Waals surface area contributed by atoms with Crippen molar-refractivity contribution in [3.63, 3.8) is 0 Å². The summed E-state index contributed by atoms with van der Waals surface area (Å²) in [5, 5.41) is 38.4. The number of aliphatic carboxylic acids is 1. The lowest BCUT2D eigenvalue weighted by atomic mass is 10.1. The van der Waals surface area contributed by atoms with Gasteiger partial charge >= 0.3 is 5.97 Å². The fourth-order valence-corrected chi connectivity index (χ4v) is 6.39. The number of carboxylic acids is 1. The molecular formula is C35H57N11O13. The lowest BCUT2D eigenvalue weighted by Crippen LogP contribution is -2.58. The van der Waals surface area contributed by atoms with Crippen molar-refractivity contribution in [3.05, 3.63) is 0 Å². The van der Waals surface area contributed by atoms with Gasteiger partial charge in [-0.25, -0.2) is 0 Å². The van der Waals surface area contributed by atoms with Gasteiger partial charge in [-0.05, 0) is 66.3 Å². The standard InChI is InChI=1S/C35H57N11O13/c1-18(2)46(19(3)31(55)40-15-27(51)45-12-6-8-23(45)34(58)42-17-29(53)54)28(52)16-41-35(59)30(20(4)47)44-26(50)14-39-33(57)22(9-10-24(36)48)43-25(49)13-38-32(56)21-7-5-11-37-21/h18-23,30,37,47H,5-17H2,1-4H3,(H2,36,48)(H,38,56)(H,39,57)(H,40,55)(H,41,59)(H,42,58)(H,43,49)(H,44,50)(H,53,54). The molecule has 6 unspecified atom stereocenters. The molecule has 59 heavy (non-hydrogen) atoms. The summed E-state index contributed by atoms with van der Waals surface area (Å²) in [4.78, 5) is 140. The number of hydrogen-bond acceptors (Lipinski definition) is 13. The molecule has 0 aromatic heterocycles. The van der Waals surface area contributed by atoms with Crippen molar-refractivity contribution in [2.75, 3.05) is 45.8 Å². The van der Waals surface area contributed by atoms with Crippen LogP contribution in [0.15, 0.2) is 0 Å². The van der Waals surface area contributed by atoms with Crippen LogP contribution in [0.1, 0.15) is 66.2 Å². The van der Waals surface area contributed by atoms with Crippen LogP contribution in [0.5, 0.6) is 0 Å². The number of amides is 10. The van der Waals surface area contributed by atoms with Gasteiger partial charge in [0.25, 0.3) is 0 Å².